The number of carbonyl (C=O) groups excluding carboxylic acids is 2. The predicted molar refractivity (Wildman–Crippen MR) is 76.4 cm³/mol. The maximum Gasteiger partial charge on any atom is 0.251 e. The lowest BCUT2D eigenvalue weighted by molar-refractivity contribution is -0.116. The van der Waals surface area contributed by atoms with E-state index in [2.05, 4.69) is 16.0 Å². The van der Waals surface area contributed by atoms with Crippen molar-refractivity contribution in [2.75, 3.05) is 26.0 Å². The number of amides is 2. The molecule has 0 aromatic heterocycles. The second-order valence-electron chi connectivity index (χ2n) is 4.36. The smallest absolute Gasteiger partial charge is 0.251 e. The highest BCUT2D eigenvalue weighted by Gasteiger charge is 2.08. The van der Waals surface area contributed by atoms with Crippen molar-refractivity contribution >= 4 is 17.5 Å². The highest BCUT2D eigenvalue weighted by molar-refractivity contribution is 5.97. The molecule has 0 aliphatic carbocycles. The molecular formula is C14H21N3O2. The molecule has 0 aliphatic rings. The quantitative estimate of drug-likeness (QED) is 0.677. The van der Waals surface area contributed by atoms with Crippen molar-refractivity contribution in [2.45, 2.75) is 19.8 Å². The van der Waals surface area contributed by atoms with Crippen LogP contribution in [0.25, 0.3) is 0 Å². The molecular weight excluding hydrogens is 242 g/mol. The molecule has 0 bridgehead atoms. The Hall–Kier alpha value is -1.88. The number of anilines is 1. The maximum absolute atomic E-state index is 11.8. The first-order valence-corrected chi connectivity index (χ1v) is 6.35. The SMILES string of the molecule is CNCCCC(=O)Nc1cc(C(=O)NC)ccc1C. The van der Waals surface area contributed by atoms with E-state index in [9.17, 15) is 9.59 Å². The van der Waals surface area contributed by atoms with Crippen LogP contribution in [0.3, 0.4) is 0 Å². The highest BCUT2D eigenvalue weighted by atomic mass is 16.2. The number of benzene rings is 1. The molecule has 0 radical (unpaired) electrons. The molecule has 104 valence electrons. The summed E-state index contributed by atoms with van der Waals surface area (Å²) < 4.78 is 0. The summed E-state index contributed by atoms with van der Waals surface area (Å²) in [4.78, 5) is 23.3. The van der Waals surface area contributed by atoms with Crippen LogP contribution in [-0.2, 0) is 4.79 Å². The second kappa shape index (κ2) is 7.53. The van der Waals surface area contributed by atoms with Crippen molar-refractivity contribution in [3.8, 4) is 0 Å². The fourth-order valence-corrected chi connectivity index (χ4v) is 1.68. The molecule has 1 rings (SSSR count). The van der Waals surface area contributed by atoms with Gasteiger partial charge in [-0.1, -0.05) is 6.07 Å². The zero-order chi connectivity index (χ0) is 14.3. The predicted octanol–water partition coefficient (Wildman–Crippen LogP) is 1.29. The van der Waals surface area contributed by atoms with Gasteiger partial charge in [-0.2, -0.15) is 0 Å². The molecule has 3 N–H and O–H groups in total. The van der Waals surface area contributed by atoms with Crippen LogP contribution in [0.4, 0.5) is 5.69 Å². The van der Waals surface area contributed by atoms with Crippen molar-refractivity contribution in [1.82, 2.24) is 10.6 Å². The molecule has 5 nitrogen and oxygen atoms in total. The molecule has 0 unspecified atom stereocenters. The number of carbonyl (C=O) groups is 2. The number of nitrogens with one attached hydrogen (secondary N) is 3. The molecule has 5 heteroatoms. The van der Waals surface area contributed by atoms with E-state index in [1.807, 2.05) is 20.0 Å². The summed E-state index contributed by atoms with van der Waals surface area (Å²) in [6, 6.07) is 5.27. The summed E-state index contributed by atoms with van der Waals surface area (Å²) in [7, 11) is 3.44. The van der Waals surface area contributed by atoms with Crippen molar-refractivity contribution < 1.29 is 9.59 Å². The molecule has 0 atom stereocenters. The topological polar surface area (TPSA) is 70.2 Å². The standard InChI is InChI=1S/C14H21N3O2/c1-10-6-7-11(14(19)16-3)9-12(10)17-13(18)5-4-8-15-2/h6-7,9,15H,4-5,8H2,1-3H3,(H,16,19)(H,17,18). The maximum atomic E-state index is 11.8. The van der Waals surface area contributed by atoms with Gasteiger partial charge in [0.2, 0.25) is 5.91 Å². The van der Waals surface area contributed by atoms with Crippen molar-refractivity contribution in [1.29, 1.82) is 0 Å². The van der Waals surface area contributed by atoms with Crippen LogP contribution >= 0.6 is 0 Å². The van der Waals surface area contributed by atoms with Crippen LogP contribution in [0.2, 0.25) is 0 Å². The minimum atomic E-state index is -0.161. The first kappa shape index (κ1) is 15.2. The molecule has 0 saturated carbocycles. The van der Waals surface area contributed by atoms with Gasteiger partial charge in [0.1, 0.15) is 0 Å². The zero-order valence-corrected chi connectivity index (χ0v) is 11.7. The first-order valence-electron chi connectivity index (χ1n) is 6.35. The van der Waals surface area contributed by atoms with Gasteiger partial charge >= 0.3 is 0 Å². The van der Waals surface area contributed by atoms with E-state index in [0.29, 0.717) is 17.7 Å². The van der Waals surface area contributed by atoms with Crippen LogP contribution in [-0.4, -0.2) is 32.5 Å². The molecule has 19 heavy (non-hydrogen) atoms. The molecule has 2 amide bonds. The summed E-state index contributed by atoms with van der Waals surface area (Å²) in [6.45, 7) is 2.71. The van der Waals surface area contributed by atoms with Crippen LogP contribution in [0.1, 0.15) is 28.8 Å². The summed E-state index contributed by atoms with van der Waals surface area (Å²) >= 11 is 0. The Morgan fingerprint density at radius 3 is 2.58 bits per heavy atom. The van der Waals surface area contributed by atoms with Gasteiger partial charge in [-0.25, -0.2) is 0 Å². The molecule has 0 saturated heterocycles. The summed E-state index contributed by atoms with van der Waals surface area (Å²) in [5.41, 5.74) is 2.17. The van der Waals surface area contributed by atoms with E-state index in [1.54, 1.807) is 19.2 Å². The van der Waals surface area contributed by atoms with E-state index in [0.717, 1.165) is 18.5 Å². The van der Waals surface area contributed by atoms with Gasteiger partial charge in [-0.05, 0) is 44.6 Å². The molecule has 0 fully saturated rings. The van der Waals surface area contributed by atoms with Crippen molar-refractivity contribution in [3.63, 3.8) is 0 Å². The van der Waals surface area contributed by atoms with Crippen LogP contribution in [0.5, 0.6) is 0 Å². The molecule has 0 spiro atoms. The fourth-order valence-electron chi connectivity index (χ4n) is 1.68. The van der Waals surface area contributed by atoms with Gasteiger partial charge < -0.3 is 16.0 Å². The Morgan fingerprint density at radius 2 is 1.95 bits per heavy atom. The van der Waals surface area contributed by atoms with Gasteiger partial charge in [0, 0.05) is 24.7 Å². The Balaban J connectivity index is 2.71. The average Bonchev–Trinajstić information content (AvgIpc) is 2.40. The number of hydrogen-bond donors (Lipinski definition) is 3. The van der Waals surface area contributed by atoms with E-state index in [4.69, 9.17) is 0 Å². The van der Waals surface area contributed by atoms with Crippen LogP contribution in [0.15, 0.2) is 18.2 Å². The van der Waals surface area contributed by atoms with Crippen LogP contribution in [0, 0.1) is 6.92 Å². The number of aryl methyl sites for hydroxylation is 1. The van der Waals surface area contributed by atoms with E-state index in [-0.39, 0.29) is 11.8 Å². The van der Waals surface area contributed by atoms with Crippen molar-refractivity contribution in [2.24, 2.45) is 0 Å². The monoisotopic (exact) mass is 263 g/mol. The Kier molecular flexibility index (Phi) is 6.02. The number of hydrogen-bond acceptors (Lipinski definition) is 3. The van der Waals surface area contributed by atoms with Gasteiger partial charge in [-0.15, -0.1) is 0 Å². The molecule has 0 heterocycles. The van der Waals surface area contributed by atoms with Gasteiger partial charge in [0.25, 0.3) is 5.91 Å². The first-order chi connectivity index (χ1) is 9.08. The average molecular weight is 263 g/mol. The highest BCUT2D eigenvalue weighted by Crippen LogP contribution is 2.17. The molecule has 1 aromatic carbocycles. The Morgan fingerprint density at radius 1 is 1.21 bits per heavy atom. The van der Waals surface area contributed by atoms with Gasteiger partial charge in [0.05, 0.1) is 0 Å². The fraction of sp³-hybridized carbons (Fsp3) is 0.429. The third-order valence-corrected chi connectivity index (χ3v) is 2.83. The summed E-state index contributed by atoms with van der Waals surface area (Å²) in [5.74, 6) is -0.196. The zero-order valence-electron chi connectivity index (χ0n) is 11.7. The number of rotatable bonds is 6. The van der Waals surface area contributed by atoms with E-state index in [1.165, 1.54) is 0 Å². The molecule has 1 aromatic rings. The second-order valence-corrected chi connectivity index (χ2v) is 4.36. The lowest BCUT2D eigenvalue weighted by atomic mass is 10.1. The minimum absolute atomic E-state index is 0.0348. The minimum Gasteiger partial charge on any atom is -0.355 e. The Labute approximate surface area is 113 Å². The van der Waals surface area contributed by atoms with Gasteiger partial charge in [-0.3, -0.25) is 9.59 Å². The third-order valence-electron chi connectivity index (χ3n) is 2.83. The summed E-state index contributed by atoms with van der Waals surface area (Å²) in [5, 5.41) is 8.40. The lowest BCUT2D eigenvalue weighted by Gasteiger charge is -2.10. The molecule has 0 aliphatic heterocycles. The van der Waals surface area contributed by atoms with Gasteiger partial charge in [0.15, 0.2) is 0 Å². The van der Waals surface area contributed by atoms with Crippen LogP contribution < -0.4 is 16.0 Å². The van der Waals surface area contributed by atoms with Crippen molar-refractivity contribution in [3.05, 3.63) is 29.3 Å². The normalized spacial score (nSPS) is 10.1. The lowest BCUT2D eigenvalue weighted by Crippen LogP contribution is -2.19. The van der Waals surface area contributed by atoms with E-state index >= 15 is 0 Å². The Bertz CT molecular complexity index is 458. The third kappa shape index (κ3) is 4.71. The van der Waals surface area contributed by atoms with E-state index < -0.39 is 0 Å². The largest absolute Gasteiger partial charge is 0.355 e. The summed E-state index contributed by atoms with van der Waals surface area (Å²) in [6.07, 6.45) is 1.25.